The predicted molar refractivity (Wildman–Crippen MR) is 85.2 cm³/mol. The van der Waals surface area contributed by atoms with Gasteiger partial charge >= 0.3 is 0 Å². The fourth-order valence-electron chi connectivity index (χ4n) is 2.18. The van der Waals surface area contributed by atoms with Crippen molar-refractivity contribution in [1.29, 1.82) is 0 Å². The van der Waals surface area contributed by atoms with Crippen LogP contribution in [0.5, 0.6) is 0 Å². The van der Waals surface area contributed by atoms with Crippen LogP contribution in [-0.2, 0) is 0 Å². The topological polar surface area (TPSA) is 63.8 Å². The first-order valence-electron chi connectivity index (χ1n) is 6.32. The number of rotatable bonds is 3. The van der Waals surface area contributed by atoms with Gasteiger partial charge in [-0.2, -0.15) is 0 Å². The minimum Gasteiger partial charge on any atom is -0.271 e. The lowest BCUT2D eigenvalue weighted by Crippen LogP contribution is -2.30. The summed E-state index contributed by atoms with van der Waals surface area (Å²) >= 11 is 12.3. The van der Waals surface area contributed by atoms with Gasteiger partial charge in [0, 0.05) is 10.0 Å². The highest BCUT2D eigenvalue weighted by atomic mass is 35.5. The highest BCUT2D eigenvalue weighted by molar-refractivity contribution is 6.33. The minimum atomic E-state index is -0.381. The van der Waals surface area contributed by atoms with Gasteiger partial charge in [0.05, 0.1) is 29.0 Å². The van der Waals surface area contributed by atoms with Crippen LogP contribution in [0, 0.1) is 0 Å². The number of hydrogen-bond donors (Lipinski definition) is 2. The zero-order valence-electron chi connectivity index (χ0n) is 10.9. The quantitative estimate of drug-likeness (QED) is 0.573. The van der Waals surface area contributed by atoms with E-state index in [4.69, 9.17) is 29.0 Å². The summed E-state index contributed by atoms with van der Waals surface area (Å²) in [7, 11) is 0. The number of nitrogens with zero attached hydrogens (tertiary/aromatic N) is 2. The number of hydrazine groups is 1. The van der Waals surface area contributed by atoms with E-state index in [1.807, 2.05) is 24.3 Å². The maximum Gasteiger partial charge on any atom is 0.0912 e. The molecule has 3 aromatic rings. The number of halogens is 2. The predicted octanol–water partition coefficient (Wildman–Crippen LogP) is 3.49. The van der Waals surface area contributed by atoms with Crippen molar-refractivity contribution in [3.8, 4) is 0 Å². The Hall–Kier alpha value is -1.72. The zero-order valence-corrected chi connectivity index (χ0v) is 12.4. The molecule has 6 heteroatoms. The van der Waals surface area contributed by atoms with Crippen molar-refractivity contribution in [3.05, 3.63) is 70.0 Å². The molecule has 106 valence electrons. The van der Waals surface area contributed by atoms with Crippen LogP contribution in [0.2, 0.25) is 10.0 Å². The van der Waals surface area contributed by atoms with Gasteiger partial charge in [0.2, 0.25) is 0 Å². The van der Waals surface area contributed by atoms with Crippen LogP contribution < -0.4 is 11.3 Å². The number of para-hydroxylation sites is 2. The summed E-state index contributed by atoms with van der Waals surface area (Å²) in [6, 6.07) is 12.5. The normalized spacial score (nSPS) is 12.5. The summed E-state index contributed by atoms with van der Waals surface area (Å²) in [6.45, 7) is 0. The largest absolute Gasteiger partial charge is 0.271 e. The third-order valence-corrected chi connectivity index (χ3v) is 3.78. The molecule has 0 amide bonds. The van der Waals surface area contributed by atoms with Crippen molar-refractivity contribution in [2.24, 2.45) is 5.84 Å². The Balaban J connectivity index is 2.11. The van der Waals surface area contributed by atoms with E-state index in [-0.39, 0.29) is 6.04 Å². The molecule has 1 aromatic heterocycles. The van der Waals surface area contributed by atoms with E-state index in [0.717, 1.165) is 16.6 Å². The SMILES string of the molecule is NNC(c1cnc2ccccc2n1)c1cc(Cl)ccc1Cl. The molecule has 0 saturated heterocycles. The molecule has 0 aliphatic rings. The molecule has 0 aliphatic carbocycles. The molecule has 4 nitrogen and oxygen atoms in total. The van der Waals surface area contributed by atoms with Gasteiger partial charge in [-0.1, -0.05) is 35.3 Å². The standard InChI is InChI=1S/C15H12Cl2N4/c16-9-5-6-11(17)10(7-9)15(21-18)14-8-19-12-3-1-2-4-13(12)20-14/h1-8,15,21H,18H2. The van der Waals surface area contributed by atoms with Gasteiger partial charge in [0.15, 0.2) is 0 Å². The summed E-state index contributed by atoms with van der Waals surface area (Å²) < 4.78 is 0. The van der Waals surface area contributed by atoms with Gasteiger partial charge in [-0.3, -0.25) is 10.8 Å². The van der Waals surface area contributed by atoms with Gasteiger partial charge in [-0.25, -0.2) is 10.4 Å². The third-order valence-electron chi connectivity index (χ3n) is 3.20. The number of hydrogen-bond acceptors (Lipinski definition) is 4. The fourth-order valence-corrected chi connectivity index (χ4v) is 2.59. The van der Waals surface area contributed by atoms with Crippen LogP contribution in [-0.4, -0.2) is 9.97 Å². The van der Waals surface area contributed by atoms with Crippen molar-refractivity contribution in [2.45, 2.75) is 6.04 Å². The van der Waals surface area contributed by atoms with Crippen LogP contribution in [0.3, 0.4) is 0 Å². The van der Waals surface area contributed by atoms with Gasteiger partial charge in [-0.05, 0) is 35.9 Å². The average Bonchev–Trinajstić information content (AvgIpc) is 2.51. The Kier molecular flexibility index (Phi) is 4.03. The molecule has 1 atom stereocenters. The van der Waals surface area contributed by atoms with E-state index >= 15 is 0 Å². The lowest BCUT2D eigenvalue weighted by Gasteiger charge is -2.17. The van der Waals surface area contributed by atoms with Gasteiger partial charge in [0.1, 0.15) is 0 Å². The molecule has 3 N–H and O–H groups in total. The Morgan fingerprint density at radius 3 is 2.57 bits per heavy atom. The molecule has 2 aromatic carbocycles. The summed E-state index contributed by atoms with van der Waals surface area (Å²) in [4.78, 5) is 8.98. The molecule has 1 unspecified atom stereocenters. The number of aromatic nitrogens is 2. The van der Waals surface area contributed by atoms with E-state index in [2.05, 4.69) is 15.4 Å². The first kappa shape index (κ1) is 14.2. The monoisotopic (exact) mass is 318 g/mol. The smallest absolute Gasteiger partial charge is 0.0912 e. The second-order valence-corrected chi connectivity index (χ2v) is 5.39. The summed E-state index contributed by atoms with van der Waals surface area (Å²) in [6.07, 6.45) is 1.68. The first-order valence-corrected chi connectivity index (χ1v) is 7.07. The number of fused-ring (bicyclic) bond motifs is 1. The van der Waals surface area contributed by atoms with Crippen molar-refractivity contribution >= 4 is 34.2 Å². The van der Waals surface area contributed by atoms with Crippen LogP contribution in [0.1, 0.15) is 17.3 Å². The van der Waals surface area contributed by atoms with E-state index in [1.54, 1.807) is 24.4 Å². The molecular weight excluding hydrogens is 307 g/mol. The van der Waals surface area contributed by atoms with Crippen LogP contribution >= 0.6 is 23.2 Å². The second kappa shape index (κ2) is 5.95. The Bertz CT molecular complexity index is 791. The van der Waals surface area contributed by atoms with E-state index in [1.165, 1.54) is 0 Å². The van der Waals surface area contributed by atoms with Crippen molar-refractivity contribution in [1.82, 2.24) is 15.4 Å². The minimum absolute atomic E-state index is 0.381. The lowest BCUT2D eigenvalue weighted by atomic mass is 10.0. The summed E-state index contributed by atoms with van der Waals surface area (Å²) in [5, 5.41) is 1.15. The highest BCUT2D eigenvalue weighted by Crippen LogP contribution is 2.29. The lowest BCUT2D eigenvalue weighted by molar-refractivity contribution is 0.621. The average molecular weight is 319 g/mol. The molecule has 0 radical (unpaired) electrons. The molecule has 1 heterocycles. The number of nitrogens with one attached hydrogen (secondary N) is 1. The first-order chi connectivity index (χ1) is 10.2. The molecule has 0 spiro atoms. The van der Waals surface area contributed by atoms with Crippen LogP contribution in [0.15, 0.2) is 48.7 Å². The Morgan fingerprint density at radius 2 is 1.81 bits per heavy atom. The van der Waals surface area contributed by atoms with Gasteiger partial charge < -0.3 is 0 Å². The van der Waals surface area contributed by atoms with Crippen LogP contribution in [0.25, 0.3) is 11.0 Å². The van der Waals surface area contributed by atoms with E-state index in [0.29, 0.717) is 15.7 Å². The second-order valence-electron chi connectivity index (χ2n) is 4.55. The highest BCUT2D eigenvalue weighted by Gasteiger charge is 2.18. The van der Waals surface area contributed by atoms with Crippen molar-refractivity contribution < 1.29 is 0 Å². The van der Waals surface area contributed by atoms with Crippen LogP contribution in [0.4, 0.5) is 0 Å². The molecule has 21 heavy (non-hydrogen) atoms. The Morgan fingerprint density at radius 1 is 1.05 bits per heavy atom. The molecule has 0 aliphatic heterocycles. The van der Waals surface area contributed by atoms with E-state index < -0.39 is 0 Å². The van der Waals surface area contributed by atoms with Gasteiger partial charge in [0.25, 0.3) is 0 Å². The summed E-state index contributed by atoms with van der Waals surface area (Å²) in [5.41, 5.74) is 5.79. The molecular formula is C15H12Cl2N4. The number of benzene rings is 2. The maximum atomic E-state index is 6.24. The maximum absolute atomic E-state index is 6.24. The fraction of sp³-hybridized carbons (Fsp3) is 0.0667. The van der Waals surface area contributed by atoms with Crippen molar-refractivity contribution in [2.75, 3.05) is 0 Å². The summed E-state index contributed by atoms with van der Waals surface area (Å²) in [5.74, 6) is 5.68. The zero-order chi connectivity index (χ0) is 14.8. The molecule has 0 bridgehead atoms. The van der Waals surface area contributed by atoms with E-state index in [9.17, 15) is 0 Å². The van der Waals surface area contributed by atoms with Crippen molar-refractivity contribution in [3.63, 3.8) is 0 Å². The molecule has 0 saturated carbocycles. The molecule has 0 fully saturated rings. The Labute approximate surface area is 131 Å². The third kappa shape index (κ3) is 2.84. The number of nitrogens with two attached hydrogens (primary N) is 1. The molecule has 3 rings (SSSR count). The van der Waals surface area contributed by atoms with Gasteiger partial charge in [-0.15, -0.1) is 0 Å².